The summed E-state index contributed by atoms with van der Waals surface area (Å²) in [5.41, 5.74) is 1.66. The molecule has 2 aromatic carbocycles. The largest absolute Gasteiger partial charge is 0.492 e. The summed E-state index contributed by atoms with van der Waals surface area (Å²) in [6.07, 6.45) is 2.80. The van der Waals surface area contributed by atoms with Crippen molar-refractivity contribution in [3.63, 3.8) is 0 Å². The predicted molar refractivity (Wildman–Crippen MR) is 109 cm³/mol. The minimum absolute atomic E-state index is 0.259. The number of amides is 2. The van der Waals surface area contributed by atoms with E-state index in [4.69, 9.17) is 16.3 Å². The summed E-state index contributed by atoms with van der Waals surface area (Å²) < 4.78 is 5.51. The van der Waals surface area contributed by atoms with Crippen molar-refractivity contribution in [3.05, 3.63) is 83.1 Å². The summed E-state index contributed by atoms with van der Waals surface area (Å²) in [6.45, 7) is 2.35. The van der Waals surface area contributed by atoms with E-state index in [1.165, 1.54) is 18.5 Å². The summed E-state index contributed by atoms with van der Waals surface area (Å²) in [4.78, 5) is 29.0. The first-order valence-electron chi connectivity index (χ1n) is 8.62. The zero-order valence-corrected chi connectivity index (χ0v) is 15.9. The van der Waals surface area contributed by atoms with Gasteiger partial charge in [-0.1, -0.05) is 23.7 Å². The quantitative estimate of drug-likeness (QED) is 0.637. The minimum Gasteiger partial charge on any atom is -0.492 e. The van der Waals surface area contributed by atoms with Crippen LogP contribution >= 0.6 is 11.6 Å². The number of hydrogen-bond acceptors (Lipinski definition) is 4. The lowest BCUT2D eigenvalue weighted by atomic mass is 10.1. The second-order valence-corrected chi connectivity index (χ2v) is 6.24. The summed E-state index contributed by atoms with van der Waals surface area (Å²) in [5.74, 6) is -0.192. The Morgan fingerprint density at radius 1 is 0.964 bits per heavy atom. The SMILES string of the molecule is CCOc1ccccc1NC(=O)c1cncc(C(=O)Nc2ccc(Cl)cc2)c1. The third-order valence-electron chi connectivity index (χ3n) is 3.80. The number of ether oxygens (including phenoxy) is 1. The van der Waals surface area contributed by atoms with Crippen LogP contribution in [0.5, 0.6) is 5.75 Å². The Morgan fingerprint density at radius 3 is 2.29 bits per heavy atom. The van der Waals surface area contributed by atoms with Gasteiger partial charge in [0.2, 0.25) is 0 Å². The van der Waals surface area contributed by atoms with E-state index in [0.29, 0.717) is 28.8 Å². The standard InChI is InChI=1S/C21H18ClN3O3/c1-2-28-19-6-4-3-5-18(19)25-21(27)15-11-14(12-23-13-15)20(26)24-17-9-7-16(22)8-10-17/h3-13H,2H2,1H3,(H,24,26)(H,25,27). The van der Waals surface area contributed by atoms with Gasteiger partial charge in [0.15, 0.2) is 0 Å². The van der Waals surface area contributed by atoms with Gasteiger partial charge < -0.3 is 15.4 Å². The Balaban J connectivity index is 1.74. The molecule has 28 heavy (non-hydrogen) atoms. The van der Waals surface area contributed by atoms with Crippen molar-refractivity contribution in [2.24, 2.45) is 0 Å². The first-order valence-corrected chi connectivity index (χ1v) is 8.99. The van der Waals surface area contributed by atoms with Gasteiger partial charge in [-0.05, 0) is 49.4 Å². The van der Waals surface area contributed by atoms with Crippen LogP contribution in [0.25, 0.3) is 0 Å². The van der Waals surface area contributed by atoms with Gasteiger partial charge in [0.25, 0.3) is 11.8 Å². The van der Waals surface area contributed by atoms with Crippen LogP contribution in [-0.4, -0.2) is 23.4 Å². The molecule has 2 amide bonds. The monoisotopic (exact) mass is 395 g/mol. The van der Waals surface area contributed by atoms with Crippen LogP contribution in [0.15, 0.2) is 67.0 Å². The van der Waals surface area contributed by atoms with Crippen LogP contribution in [0.4, 0.5) is 11.4 Å². The smallest absolute Gasteiger partial charge is 0.257 e. The Bertz CT molecular complexity index is 990. The highest BCUT2D eigenvalue weighted by molar-refractivity contribution is 6.30. The molecule has 0 aliphatic rings. The van der Waals surface area contributed by atoms with Gasteiger partial charge in [0.05, 0.1) is 23.4 Å². The fourth-order valence-corrected chi connectivity index (χ4v) is 2.60. The highest BCUT2D eigenvalue weighted by atomic mass is 35.5. The average molecular weight is 396 g/mol. The number of nitrogens with zero attached hydrogens (tertiary/aromatic N) is 1. The van der Waals surface area contributed by atoms with Crippen LogP contribution in [0.2, 0.25) is 5.02 Å². The zero-order chi connectivity index (χ0) is 19.9. The van der Waals surface area contributed by atoms with Crippen molar-refractivity contribution in [1.29, 1.82) is 0 Å². The summed E-state index contributed by atoms with van der Waals surface area (Å²) >= 11 is 5.84. The van der Waals surface area contributed by atoms with Gasteiger partial charge in [0, 0.05) is 23.1 Å². The summed E-state index contributed by atoms with van der Waals surface area (Å²) in [6, 6.07) is 15.3. The Hall–Kier alpha value is -3.38. The first kappa shape index (κ1) is 19.4. The number of rotatable bonds is 6. The van der Waals surface area contributed by atoms with Gasteiger partial charge in [-0.2, -0.15) is 0 Å². The number of halogens is 1. The maximum Gasteiger partial charge on any atom is 0.257 e. The van der Waals surface area contributed by atoms with E-state index in [1.807, 2.05) is 13.0 Å². The van der Waals surface area contributed by atoms with E-state index in [9.17, 15) is 9.59 Å². The second kappa shape index (κ2) is 9.01. The molecule has 0 atom stereocenters. The minimum atomic E-state index is -0.388. The topological polar surface area (TPSA) is 80.3 Å². The molecule has 7 heteroatoms. The molecule has 3 rings (SSSR count). The summed E-state index contributed by atoms with van der Waals surface area (Å²) in [5, 5.41) is 6.10. The number of pyridine rings is 1. The second-order valence-electron chi connectivity index (χ2n) is 5.81. The van der Waals surface area contributed by atoms with Crippen LogP contribution in [-0.2, 0) is 0 Å². The molecular weight excluding hydrogens is 378 g/mol. The van der Waals surface area contributed by atoms with Gasteiger partial charge in [-0.15, -0.1) is 0 Å². The van der Waals surface area contributed by atoms with Crippen molar-refractivity contribution in [2.75, 3.05) is 17.2 Å². The van der Waals surface area contributed by atoms with E-state index in [1.54, 1.807) is 42.5 Å². The van der Waals surface area contributed by atoms with E-state index >= 15 is 0 Å². The molecule has 0 saturated carbocycles. The normalized spacial score (nSPS) is 10.2. The van der Waals surface area contributed by atoms with Gasteiger partial charge in [-0.25, -0.2) is 0 Å². The Morgan fingerprint density at radius 2 is 1.61 bits per heavy atom. The van der Waals surface area contributed by atoms with Crippen LogP contribution in [0, 0.1) is 0 Å². The van der Waals surface area contributed by atoms with Crippen molar-refractivity contribution < 1.29 is 14.3 Å². The van der Waals surface area contributed by atoms with E-state index in [2.05, 4.69) is 15.6 Å². The van der Waals surface area contributed by atoms with Crippen LogP contribution in [0.1, 0.15) is 27.6 Å². The van der Waals surface area contributed by atoms with Gasteiger partial charge >= 0.3 is 0 Å². The molecule has 0 unspecified atom stereocenters. The van der Waals surface area contributed by atoms with Crippen LogP contribution < -0.4 is 15.4 Å². The maximum atomic E-state index is 12.6. The molecule has 1 aromatic heterocycles. The van der Waals surface area contributed by atoms with Gasteiger partial charge in [-0.3, -0.25) is 14.6 Å². The molecule has 0 radical (unpaired) electrons. The number of aromatic nitrogens is 1. The molecule has 0 bridgehead atoms. The lowest BCUT2D eigenvalue weighted by Gasteiger charge is -2.11. The average Bonchev–Trinajstić information content (AvgIpc) is 2.71. The predicted octanol–water partition coefficient (Wildman–Crippen LogP) is 4.64. The molecule has 0 spiro atoms. The highest BCUT2D eigenvalue weighted by Gasteiger charge is 2.13. The molecule has 6 nitrogen and oxygen atoms in total. The van der Waals surface area contributed by atoms with Crippen molar-refractivity contribution >= 4 is 34.8 Å². The molecular formula is C21H18ClN3O3. The number of nitrogens with one attached hydrogen (secondary N) is 2. The maximum absolute atomic E-state index is 12.6. The van der Waals surface area contributed by atoms with Crippen molar-refractivity contribution in [1.82, 2.24) is 4.98 Å². The third kappa shape index (κ3) is 4.86. The molecule has 0 aliphatic heterocycles. The number of para-hydroxylation sites is 2. The van der Waals surface area contributed by atoms with E-state index < -0.39 is 0 Å². The molecule has 2 N–H and O–H groups in total. The first-order chi connectivity index (χ1) is 13.6. The molecule has 0 fully saturated rings. The number of carbonyl (C=O) groups is 2. The fraction of sp³-hybridized carbons (Fsp3) is 0.0952. The lowest BCUT2D eigenvalue weighted by Crippen LogP contribution is -2.16. The highest BCUT2D eigenvalue weighted by Crippen LogP contribution is 2.24. The fourth-order valence-electron chi connectivity index (χ4n) is 2.47. The van der Waals surface area contributed by atoms with Crippen molar-refractivity contribution in [3.8, 4) is 5.75 Å². The van der Waals surface area contributed by atoms with E-state index in [-0.39, 0.29) is 22.9 Å². The molecule has 3 aromatic rings. The Kier molecular flexibility index (Phi) is 6.24. The zero-order valence-electron chi connectivity index (χ0n) is 15.1. The van der Waals surface area contributed by atoms with Crippen LogP contribution in [0.3, 0.4) is 0 Å². The summed E-state index contributed by atoms with van der Waals surface area (Å²) in [7, 11) is 0. The number of hydrogen-bond donors (Lipinski definition) is 2. The molecule has 142 valence electrons. The third-order valence-corrected chi connectivity index (χ3v) is 4.05. The van der Waals surface area contributed by atoms with Crippen molar-refractivity contribution in [2.45, 2.75) is 6.92 Å². The number of carbonyl (C=O) groups excluding carboxylic acids is 2. The molecule has 0 aliphatic carbocycles. The van der Waals surface area contributed by atoms with E-state index in [0.717, 1.165) is 0 Å². The number of benzene rings is 2. The molecule has 1 heterocycles. The molecule has 0 saturated heterocycles. The number of anilines is 2. The lowest BCUT2D eigenvalue weighted by molar-refractivity contribution is 0.102. The Labute approximate surface area is 167 Å². The van der Waals surface area contributed by atoms with Gasteiger partial charge in [0.1, 0.15) is 5.75 Å².